The molecule has 1 saturated carbocycles. The van der Waals surface area contributed by atoms with Crippen molar-refractivity contribution in [2.75, 3.05) is 0 Å². The van der Waals surface area contributed by atoms with Crippen LogP contribution in [0.1, 0.15) is 42.7 Å². The van der Waals surface area contributed by atoms with Crippen LogP contribution >= 0.6 is 12.2 Å². The second kappa shape index (κ2) is 5.52. The van der Waals surface area contributed by atoms with Crippen LogP contribution in [0.5, 0.6) is 0 Å². The van der Waals surface area contributed by atoms with E-state index in [9.17, 15) is 4.79 Å². The van der Waals surface area contributed by atoms with E-state index in [0.717, 1.165) is 32.1 Å². The molecule has 0 saturated heterocycles. The van der Waals surface area contributed by atoms with Crippen LogP contribution < -0.4 is 11.1 Å². The van der Waals surface area contributed by atoms with Crippen LogP contribution in [0.2, 0.25) is 0 Å². The Bertz CT molecular complexity index is 539. The van der Waals surface area contributed by atoms with Gasteiger partial charge in [-0.3, -0.25) is 4.79 Å². The lowest BCUT2D eigenvalue weighted by Gasteiger charge is -2.27. The monoisotopic (exact) mass is 288 g/mol. The van der Waals surface area contributed by atoms with E-state index in [4.69, 9.17) is 18.0 Å². The predicted molar refractivity (Wildman–Crippen MR) is 83.6 cm³/mol. The number of nitrogens with one attached hydrogen (secondary N) is 1. The Hall–Kier alpha value is -1.42. The maximum absolute atomic E-state index is 12.6. The van der Waals surface area contributed by atoms with E-state index >= 15 is 0 Å². The second-order valence-corrected chi connectivity index (χ2v) is 6.34. The number of carbonyl (C=O) groups excluding carboxylic acids is 1. The van der Waals surface area contributed by atoms with Gasteiger partial charge in [0.2, 0.25) is 5.91 Å². The molecule has 1 aromatic carbocycles. The minimum absolute atomic E-state index is 0.0458. The lowest BCUT2D eigenvalue weighted by atomic mass is 9.82. The molecule has 2 unspecified atom stereocenters. The number of amides is 1. The number of carbonyl (C=O) groups is 1. The largest absolute Gasteiger partial charge is 0.392 e. The van der Waals surface area contributed by atoms with Crippen molar-refractivity contribution in [1.82, 2.24) is 5.32 Å². The van der Waals surface area contributed by atoms with Gasteiger partial charge in [-0.15, -0.1) is 0 Å². The zero-order valence-corrected chi connectivity index (χ0v) is 12.3. The van der Waals surface area contributed by atoms with Gasteiger partial charge in [-0.25, -0.2) is 0 Å². The Morgan fingerprint density at radius 1 is 1.30 bits per heavy atom. The Balaban J connectivity index is 1.76. The van der Waals surface area contributed by atoms with Crippen molar-refractivity contribution in [3.63, 3.8) is 0 Å². The van der Waals surface area contributed by atoms with Crippen molar-refractivity contribution in [3.05, 3.63) is 35.4 Å². The highest BCUT2D eigenvalue weighted by molar-refractivity contribution is 7.80. The molecule has 4 heteroatoms. The summed E-state index contributed by atoms with van der Waals surface area (Å²) in [6, 6.07) is 8.13. The van der Waals surface area contributed by atoms with Gasteiger partial charge in [0.15, 0.2) is 0 Å². The van der Waals surface area contributed by atoms with Gasteiger partial charge in [-0.2, -0.15) is 0 Å². The summed E-state index contributed by atoms with van der Waals surface area (Å²) in [7, 11) is 0. The van der Waals surface area contributed by atoms with Crippen molar-refractivity contribution in [1.29, 1.82) is 0 Å². The van der Waals surface area contributed by atoms with Crippen molar-refractivity contribution in [2.45, 2.75) is 44.1 Å². The van der Waals surface area contributed by atoms with E-state index in [0.29, 0.717) is 10.9 Å². The molecule has 0 radical (unpaired) electrons. The summed E-state index contributed by atoms with van der Waals surface area (Å²) in [5.41, 5.74) is 8.24. The number of fused-ring (bicyclic) bond motifs is 1. The van der Waals surface area contributed by atoms with E-state index < -0.39 is 0 Å². The average Bonchev–Trinajstić information content (AvgIpc) is 3.28. The van der Waals surface area contributed by atoms with Gasteiger partial charge in [0.1, 0.15) is 0 Å². The van der Waals surface area contributed by atoms with Crippen LogP contribution in [0.15, 0.2) is 24.3 Å². The summed E-state index contributed by atoms with van der Waals surface area (Å²) in [6.07, 6.45) is 5.28. The fourth-order valence-electron chi connectivity index (χ4n) is 3.13. The van der Waals surface area contributed by atoms with Gasteiger partial charge in [0, 0.05) is 0 Å². The minimum Gasteiger partial charge on any atom is -0.392 e. The molecule has 0 aromatic heterocycles. The highest BCUT2D eigenvalue weighted by Gasteiger charge is 2.36. The first-order valence-corrected chi connectivity index (χ1v) is 7.75. The number of hydrogen-bond donors (Lipinski definition) is 2. The molecule has 20 heavy (non-hydrogen) atoms. The SMILES string of the molecule is NC(=S)C(NC(=O)C1CCCc2ccccc21)C1CC1. The minimum atomic E-state index is -0.119. The number of hydrogen-bond acceptors (Lipinski definition) is 2. The predicted octanol–water partition coefficient (Wildman–Crippen LogP) is 2.29. The van der Waals surface area contributed by atoms with E-state index in [2.05, 4.69) is 17.4 Å². The molecule has 0 aliphatic heterocycles. The van der Waals surface area contributed by atoms with Crippen molar-refractivity contribution < 1.29 is 4.79 Å². The molecular weight excluding hydrogens is 268 g/mol. The van der Waals surface area contributed by atoms with Gasteiger partial charge in [0.25, 0.3) is 0 Å². The van der Waals surface area contributed by atoms with E-state index in [1.165, 1.54) is 11.1 Å². The first-order chi connectivity index (χ1) is 9.66. The summed E-state index contributed by atoms with van der Waals surface area (Å²) in [4.78, 5) is 13.0. The second-order valence-electron chi connectivity index (χ2n) is 5.87. The van der Waals surface area contributed by atoms with E-state index in [-0.39, 0.29) is 17.9 Å². The molecule has 106 valence electrons. The average molecular weight is 288 g/mol. The van der Waals surface area contributed by atoms with Crippen LogP contribution in [0.25, 0.3) is 0 Å². The molecule has 3 nitrogen and oxygen atoms in total. The first-order valence-electron chi connectivity index (χ1n) is 7.34. The highest BCUT2D eigenvalue weighted by atomic mass is 32.1. The Labute approximate surface area is 124 Å². The third kappa shape index (κ3) is 2.70. The lowest BCUT2D eigenvalue weighted by molar-refractivity contribution is -0.123. The quantitative estimate of drug-likeness (QED) is 0.836. The topological polar surface area (TPSA) is 55.1 Å². The zero-order chi connectivity index (χ0) is 14.1. The Morgan fingerprint density at radius 2 is 2.05 bits per heavy atom. The third-order valence-corrected chi connectivity index (χ3v) is 4.64. The third-order valence-electron chi connectivity index (χ3n) is 4.38. The summed E-state index contributed by atoms with van der Waals surface area (Å²) in [5.74, 6) is 0.493. The summed E-state index contributed by atoms with van der Waals surface area (Å²) < 4.78 is 0. The molecule has 0 bridgehead atoms. The fraction of sp³-hybridized carbons (Fsp3) is 0.500. The normalized spacial score (nSPS) is 22.7. The number of benzene rings is 1. The zero-order valence-electron chi connectivity index (χ0n) is 11.5. The van der Waals surface area contributed by atoms with Crippen LogP contribution in [0.4, 0.5) is 0 Å². The van der Waals surface area contributed by atoms with Crippen molar-refractivity contribution in [3.8, 4) is 0 Å². The Morgan fingerprint density at radius 3 is 2.75 bits per heavy atom. The molecule has 3 rings (SSSR count). The number of aryl methyl sites for hydroxylation is 1. The van der Waals surface area contributed by atoms with Gasteiger partial charge in [-0.1, -0.05) is 36.5 Å². The summed E-state index contributed by atoms with van der Waals surface area (Å²) >= 11 is 5.09. The molecule has 1 aromatic rings. The molecule has 0 spiro atoms. The molecular formula is C16H20N2OS. The maximum Gasteiger partial charge on any atom is 0.228 e. The highest BCUT2D eigenvalue weighted by Crippen LogP contribution is 2.35. The fourth-order valence-corrected chi connectivity index (χ4v) is 3.38. The standard InChI is InChI=1S/C16H20N2OS/c17-15(20)14(11-8-9-11)18-16(19)13-7-3-5-10-4-1-2-6-12(10)13/h1-2,4,6,11,13-14H,3,5,7-9H2,(H2,17,20)(H,18,19). The smallest absolute Gasteiger partial charge is 0.228 e. The van der Waals surface area contributed by atoms with Crippen LogP contribution in [0, 0.1) is 5.92 Å². The maximum atomic E-state index is 12.6. The summed E-state index contributed by atoms with van der Waals surface area (Å²) in [5, 5.41) is 3.08. The van der Waals surface area contributed by atoms with Crippen molar-refractivity contribution in [2.24, 2.45) is 11.7 Å². The Kier molecular flexibility index (Phi) is 3.74. The van der Waals surface area contributed by atoms with Crippen LogP contribution in [-0.2, 0) is 11.2 Å². The molecule has 0 heterocycles. The van der Waals surface area contributed by atoms with E-state index in [1.54, 1.807) is 0 Å². The summed E-state index contributed by atoms with van der Waals surface area (Å²) in [6.45, 7) is 0. The lowest BCUT2D eigenvalue weighted by Crippen LogP contribution is -2.47. The molecule has 2 aliphatic carbocycles. The number of thiocarbonyl (C=S) groups is 1. The van der Waals surface area contributed by atoms with Crippen LogP contribution in [0.3, 0.4) is 0 Å². The molecule has 1 fully saturated rings. The van der Waals surface area contributed by atoms with Gasteiger partial charge < -0.3 is 11.1 Å². The van der Waals surface area contributed by atoms with Gasteiger partial charge in [-0.05, 0) is 49.1 Å². The molecule has 2 atom stereocenters. The molecule has 2 aliphatic rings. The van der Waals surface area contributed by atoms with Gasteiger partial charge >= 0.3 is 0 Å². The molecule has 1 amide bonds. The van der Waals surface area contributed by atoms with Crippen molar-refractivity contribution >= 4 is 23.1 Å². The molecule has 3 N–H and O–H groups in total. The van der Waals surface area contributed by atoms with Crippen LogP contribution in [-0.4, -0.2) is 16.9 Å². The van der Waals surface area contributed by atoms with Gasteiger partial charge in [0.05, 0.1) is 16.9 Å². The number of nitrogens with two attached hydrogens (primary N) is 1. The number of rotatable bonds is 4. The van der Waals surface area contributed by atoms with E-state index in [1.807, 2.05) is 12.1 Å². The first kappa shape index (κ1) is 13.6.